The molecule has 0 spiro atoms. The minimum absolute atomic E-state index is 0.0715. The van der Waals surface area contributed by atoms with Crippen molar-refractivity contribution in [3.05, 3.63) is 59.2 Å². The lowest BCUT2D eigenvalue weighted by atomic mass is 10.2. The lowest BCUT2D eigenvalue weighted by molar-refractivity contribution is 0.0593. The fourth-order valence-electron chi connectivity index (χ4n) is 2.83. The van der Waals surface area contributed by atoms with E-state index in [4.69, 9.17) is 15.2 Å². The lowest BCUT2D eigenvalue weighted by Gasteiger charge is -2.14. The number of carbonyl (C=O) groups is 1. The van der Waals surface area contributed by atoms with Crippen LogP contribution in [-0.4, -0.2) is 27.4 Å². The molecule has 2 heterocycles. The van der Waals surface area contributed by atoms with Gasteiger partial charge in [-0.1, -0.05) is 12.1 Å². The highest BCUT2D eigenvalue weighted by molar-refractivity contribution is 5.96. The minimum Gasteiger partial charge on any atom is -0.487 e. The number of nitrogen functional groups attached to an aromatic ring is 1. The quantitative estimate of drug-likeness (QED) is 0.695. The number of anilines is 1. The van der Waals surface area contributed by atoms with E-state index in [0.29, 0.717) is 18.0 Å². The Bertz CT molecular complexity index is 1040. The standard InChI is InChI=1S/C19H19N5O3/c1-12-14(9-23(2)22-12)11-27-16-7-5-4-6-15(16)24-10-13(8-20)17(21)18(24)19(25)26-3/h4-7,9-10H,11,21H2,1-3H3. The second-order valence-electron chi connectivity index (χ2n) is 5.95. The summed E-state index contributed by atoms with van der Waals surface area (Å²) in [5.74, 6) is -0.0997. The van der Waals surface area contributed by atoms with Crippen LogP contribution in [0.3, 0.4) is 0 Å². The molecule has 2 aromatic heterocycles. The summed E-state index contributed by atoms with van der Waals surface area (Å²) in [6, 6.07) is 9.18. The van der Waals surface area contributed by atoms with E-state index in [2.05, 4.69) is 5.10 Å². The Morgan fingerprint density at radius 1 is 1.33 bits per heavy atom. The molecule has 0 radical (unpaired) electrons. The van der Waals surface area contributed by atoms with Crippen molar-refractivity contribution in [2.75, 3.05) is 12.8 Å². The van der Waals surface area contributed by atoms with Gasteiger partial charge in [0.05, 0.1) is 29.7 Å². The Morgan fingerprint density at radius 2 is 2.07 bits per heavy atom. The fourth-order valence-corrected chi connectivity index (χ4v) is 2.83. The van der Waals surface area contributed by atoms with Crippen molar-refractivity contribution in [3.63, 3.8) is 0 Å². The zero-order valence-electron chi connectivity index (χ0n) is 15.3. The smallest absolute Gasteiger partial charge is 0.357 e. The molecular weight excluding hydrogens is 346 g/mol. The van der Waals surface area contributed by atoms with Crippen LogP contribution in [0.15, 0.2) is 36.7 Å². The van der Waals surface area contributed by atoms with Gasteiger partial charge in [0.2, 0.25) is 0 Å². The summed E-state index contributed by atoms with van der Waals surface area (Å²) in [6.45, 7) is 2.22. The largest absolute Gasteiger partial charge is 0.487 e. The van der Waals surface area contributed by atoms with Crippen LogP contribution in [0.5, 0.6) is 5.75 Å². The van der Waals surface area contributed by atoms with E-state index >= 15 is 0 Å². The Balaban J connectivity index is 2.03. The zero-order valence-corrected chi connectivity index (χ0v) is 15.3. The highest BCUT2D eigenvalue weighted by Crippen LogP contribution is 2.30. The van der Waals surface area contributed by atoms with Crippen molar-refractivity contribution in [2.24, 2.45) is 7.05 Å². The third-order valence-corrected chi connectivity index (χ3v) is 4.17. The minimum atomic E-state index is -0.632. The molecule has 1 aromatic carbocycles. The number of aromatic nitrogens is 3. The zero-order chi connectivity index (χ0) is 19.6. The molecule has 0 aliphatic carbocycles. The van der Waals surface area contributed by atoms with Crippen molar-refractivity contribution in [2.45, 2.75) is 13.5 Å². The van der Waals surface area contributed by atoms with Gasteiger partial charge in [0.25, 0.3) is 0 Å². The first kappa shape index (κ1) is 18.1. The first-order valence-electron chi connectivity index (χ1n) is 8.16. The van der Waals surface area contributed by atoms with Gasteiger partial charge in [-0.3, -0.25) is 4.68 Å². The summed E-state index contributed by atoms with van der Waals surface area (Å²) in [7, 11) is 3.11. The van der Waals surface area contributed by atoms with Gasteiger partial charge >= 0.3 is 5.97 Å². The van der Waals surface area contributed by atoms with Gasteiger partial charge in [-0.05, 0) is 19.1 Å². The first-order valence-corrected chi connectivity index (χ1v) is 8.16. The SMILES string of the molecule is COC(=O)c1c(N)c(C#N)cn1-c1ccccc1OCc1cn(C)nc1C. The van der Waals surface area contributed by atoms with E-state index in [-0.39, 0.29) is 16.9 Å². The molecule has 0 saturated heterocycles. The van der Waals surface area contributed by atoms with Gasteiger partial charge < -0.3 is 19.8 Å². The van der Waals surface area contributed by atoms with E-state index in [0.717, 1.165) is 11.3 Å². The molecule has 0 unspecified atom stereocenters. The van der Waals surface area contributed by atoms with Gasteiger partial charge in [-0.2, -0.15) is 10.4 Å². The Hall–Kier alpha value is -3.73. The second-order valence-corrected chi connectivity index (χ2v) is 5.95. The van der Waals surface area contributed by atoms with Crippen molar-refractivity contribution < 1.29 is 14.3 Å². The molecule has 3 rings (SSSR count). The first-order chi connectivity index (χ1) is 13.0. The lowest BCUT2D eigenvalue weighted by Crippen LogP contribution is -2.12. The highest BCUT2D eigenvalue weighted by Gasteiger charge is 2.23. The van der Waals surface area contributed by atoms with Gasteiger partial charge in [-0.15, -0.1) is 0 Å². The molecule has 0 aliphatic heterocycles. The summed E-state index contributed by atoms with van der Waals surface area (Å²) >= 11 is 0. The molecule has 0 aliphatic rings. The van der Waals surface area contributed by atoms with Crippen LogP contribution in [-0.2, 0) is 18.4 Å². The molecule has 0 amide bonds. The third kappa shape index (κ3) is 3.35. The summed E-state index contributed by atoms with van der Waals surface area (Å²) in [6.07, 6.45) is 3.39. The predicted molar refractivity (Wildman–Crippen MR) is 98.5 cm³/mol. The van der Waals surface area contributed by atoms with Gasteiger partial charge in [0.15, 0.2) is 5.69 Å². The topological polar surface area (TPSA) is 108 Å². The van der Waals surface area contributed by atoms with Crippen molar-refractivity contribution in [1.82, 2.24) is 14.3 Å². The van der Waals surface area contributed by atoms with E-state index < -0.39 is 5.97 Å². The predicted octanol–water partition coefficient (Wildman–Crippen LogP) is 2.34. The summed E-state index contributed by atoms with van der Waals surface area (Å²) in [5.41, 5.74) is 8.72. The molecular formula is C19H19N5O3. The van der Waals surface area contributed by atoms with Crippen LogP contribution in [0.1, 0.15) is 27.3 Å². The maximum absolute atomic E-state index is 12.2. The molecule has 3 aromatic rings. The van der Waals surface area contributed by atoms with Crippen molar-refractivity contribution >= 4 is 11.7 Å². The van der Waals surface area contributed by atoms with Gasteiger partial charge in [0, 0.05) is 25.0 Å². The average Bonchev–Trinajstić information content (AvgIpc) is 3.17. The number of nitriles is 1. The second kappa shape index (κ2) is 7.25. The number of aryl methyl sites for hydroxylation is 2. The molecule has 0 atom stereocenters. The Morgan fingerprint density at radius 3 is 2.70 bits per heavy atom. The van der Waals surface area contributed by atoms with Crippen LogP contribution in [0.2, 0.25) is 0 Å². The average molecular weight is 365 g/mol. The number of rotatable bonds is 5. The van der Waals surface area contributed by atoms with E-state index in [9.17, 15) is 10.1 Å². The summed E-state index contributed by atoms with van der Waals surface area (Å²) in [5, 5.41) is 13.6. The normalized spacial score (nSPS) is 10.4. The van der Waals surface area contributed by atoms with Crippen LogP contribution in [0, 0.1) is 18.3 Å². The summed E-state index contributed by atoms with van der Waals surface area (Å²) < 4.78 is 14.0. The van der Waals surface area contributed by atoms with Crippen LogP contribution >= 0.6 is 0 Å². The Kier molecular flexibility index (Phi) is 4.86. The number of ether oxygens (including phenoxy) is 2. The number of benzene rings is 1. The molecule has 2 N–H and O–H groups in total. The van der Waals surface area contributed by atoms with Gasteiger partial charge in [0.1, 0.15) is 18.4 Å². The number of hydrogen-bond donors (Lipinski definition) is 1. The third-order valence-electron chi connectivity index (χ3n) is 4.17. The molecule has 0 saturated carbocycles. The number of methoxy groups -OCH3 is 1. The maximum atomic E-state index is 12.2. The van der Waals surface area contributed by atoms with Crippen LogP contribution < -0.4 is 10.5 Å². The van der Waals surface area contributed by atoms with Crippen molar-refractivity contribution in [3.8, 4) is 17.5 Å². The molecule has 8 heteroatoms. The van der Waals surface area contributed by atoms with Crippen LogP contribution in [0.4, 0.5) is 5.69 Å². The number of carbonyl (C=O) groups excluding carboxylic acids is 1. The number of para-hydroxylation sites is 2. The molecule has 27 heavy (non-hydrogen) atoms. The fraction of sp³-hybridized carbons (Fsp3) is 0.211. The maximum Gasteiger partial charge on any atom is 0.357 e. The highest BCUT2D eigenvalue weighted by atomic mass is 16.5. The van der Waals surface area contributed by atoms with Crippen molar-refractivity contribution in [1.29, 1.82) is 5.26 Å². The number of nitrogens with zero attached hydrogens (tertiary/aromatic N) is 4. The Labute approximate surface area is 156 Å². The van der Waals surface area contributed by atoms with Crippen LogP contribution in [0.25, 0.3) is 5.69 Å². The molecule has 138 valence electrons. The molecule has 0 fully saturated rings. The van der Waals surface area contributed by atoms with E-state index in [1.807, 2.05) is 32.3 Å². The summed E-state index contributed by atoms with van der Waals surface area (Å²) in [4.78, 5) is 12.2. The van der Waals surface area contributed by atoms with E-state index in [1.54, 1.807) is 22.9 Å². The van der Waals surface area contributed by atoms with E-state index in [1.165, 1.54) is 17.9 Å². The number of nitrogens with two attached hydrogens (primary N) is 1. The molecule has 8 nitrogen and oxygen atoms in total. The number of esters is 1. The van der Waals surface area contributed by atoms with Gasteiger partial charge in [-0.25, -0.2) is 4.79 Å². The number of hydrogen-bond acceptors (Lipinski definition) is 6. The molecule has 0 bridgehead atoms. The monoisotopic (exact) mass is 365 g/mol.